The van der Waals surface area contributed by atoms with Gasteiger partial charge in [0.15, 0.2) is 0 Å². The van der Waals surface area contributed by atoms with E-state index in [0.29, 0.717) is 10.3 Å². The Kier molecular flexibility index (Phi) is 4.27. The Balaban J connectivity index is 1.61. The van der Waals surface area contributed by atoms with Gasteiger partial charge < -0.3 is 0 Å². The first-order valence-corrected chi connectivity index (χ1v) is 11.5. The molecule has 3 nitrogen and oxygen atoms in total. The molecule has 3 aromatic carbocycles. The Bertz CT molecular complexity index is 1250. The van der Waals surface area contributed by atoms with Crippen molar-refractivity contribution in [1.82, 2.24) is 4.72 Å². The minimum Gasteiger partial charge on any atom is -0.207 e. The molecule has 2 aliphatic carbocycles. The molecule has 0 aliphatic heterocycles. The highest BCUT2D eigenvalue weighted by Crippen LogP contribution is 2.48. The summed E-state index contributed by atoms with van der Waals surface area (Å²) in [5.41, 5.74) is 2.25. The van der Waals surface area contributed by atoms with Crippen molar-refractivity contribution in [2.45, 2.75) is 16.9 Å². The number of hydrogen-bond donors (Lipinski definition) is 1. The molecule has 0 spiro atoms. The van der Waals surface area contributed by atoms with Gasteiger partial charge in [-0.1, -0.05) is 88.8 Å². The number of nitrogens with one attached hydrogen (secondary N) is 1. The van der Waals surface area contributed by atoms with Crippen LogP contribution >= 0.6 is 15.9 Å². The van der Waals surface area contributed by atoms with Gasteiger partial charge in [0.2, 0.25) is 10.0 Å². The van der Waals surface area contributed by atoms with Gasteiger partial charge in [0.1, 0.15) is 0 Å². The summed E-state index contributed by atoms with van der Waals surface area (Å²) < 4.78 is 30.8. The smallest absolute Gasteiger partial charge is 0.207 e. The molecular formula is C23H18BrNO2S. The third-order valence-corrected chi connectivity index (χ3v) is 7.85. The third kappa shape index (κ3) is 2.77. The second-order valence-corrected chi connectivity index (χ2v) is 9.73. The lowest BCUT2D eigenvalue weighted by Crippen LogP contribution is -2.31. The Morgan fingerprint density at radius 1 is 0.786 bits per heavy atom. The van der Waals surface area contributed by atoms with Crippen LogP contribution < -0.4 is 4.72 Å². The van der Waals surface area contributed by atoms with Gasteiger partial charge in [0, 0.05) is 21.7 Å². The van der Waals surface area contributed by atoms with Crippen molar-refractivity contribution >= 4 is 36.7 Å². The average Bonchev–Trinajstić information content (AvgIpc) is 3.02. The van der Waals surface area contributed by atoms with Crippen LogP contribution in [0, 0.1) is 5.92 Å². The molecule has 0 heterocycles. The Morgan fingerprint density at radius 2 is 1.46 bits per heavy atom. The molecule has 0 saturated heterocycles. The van der Waals surface area contributed by atoms with E-state index in [1.54, 1.807) is 12.1 Å². The van der Waals surface area contributed by atoms with Gasteiger partial charge in [-0.05, 0) is 28.6 Å². The molecule has 0 saturated carbocycles. The molecule has 5 rings (SSSR count). The molecular weight excluding hydrogens is 434 g/mol. The summed E-state index contributed by atoms with van der Waals surface area (Å²) in [6.07, 6.45) is 8.31. The van der Waals surface area contributed by atoms with Crippen LogP contribution in [-0.4, -0.2) is 8.42 Å². The van der Waals surface area contributed by atoms with Crippen LogP contribution in [0.3, 0.4) is 0 Å². The van der Waals surface area contributed by atoms with Crippen molar-refractivity contribution in [3.8, 4) is 0 Å². The number of fused-ring (bicyclic) bond motifs is 4. The molecule has 3 atom stereocenters. The fourth-order valence-corrected chi connectivity index (χ4v) is 6.34. The Morgan fingerprint density at radius 3 is 2.29 bits per heavy atom. The standard InChI is InChI=1S/C23H18BrNO2S/c24-21-13-14-22(18-10-4-3-9-17(18)21)28(26,27)25-23-19-11-5-1-7-15(19)16-8-2-6-12-20(16)23/h1-15,19,23,25H/t15-,19-,23-/m0/s1. The predicted octanol–water partition coefficient (Wildman–Crippen LogP) is 5.46. The lowest BCUT2D eigenvalue weighted by molar-refractivity contribution is 0.477. The maximum absolute atomic E-state index is 13.4. The Hall–Kier alpha value is -2.21. The third-order valence-electron chi connectivity index (χ3n) is 5.66. The van der Waals surface area contributed by atoms with E-state index in [1.807, 2.05) is 54.6 Å². The quantitative estimate of drug-likeness (QED) is 0.574. The number of allylic oxidation sites excluding steroid dienone is 3. The van der Waals surface area contributed by atoms with Crippen molar-refractivity contribution in [3.63, 3.8) is 0 Å². The van der Waals surface area contributed by atoms with Gasteiger partial charge in [-0.3, -0.25) is 0 Å². The van der Waals surface area contributed by atoms with Crippen LogP contribution in [0.4, 0.5) is 0 Å². The number of sulfonamides is 1. The van der Waals surface area contributed by atoms with E-state index >= 15 is 0 Å². The summed E-state index contributed by atoms with van der Waals surface area (Å²) in [6.45, 7) is 0. The fraction of sp³-hybridized carbons (Fsp3) is 0.130. The van der Waals surface area contributed by atoms with Gasteiger partial charge >= 0.3 is 0 Å². The van der Waals surface area contributed by atoms with Crippen molar-refractivity contribution in [1.29, 1.82) is 0 Å². The van der Waals surface area contributed by atoms with E-state index in [1.165, 1.54) is 5.56 Å². The number of rotatable bonds is 3. The van der Waals surface area contributed by atoms with Crippen LogP contribution in [-0.2, 0) is 10.0 Å². The first-order chi connectivity index (χ1) is 13.6. The second-order valence-electron chi connectivity index (χ2n) is 7.19. The number of hydrogen-bond acceptors (Lipinski definition) is 2. The summed E-state index contributed by atoms with van der Waals surface area (Å²) in [5, 5.41) is 1.60. The van der Waals surface area contributed by atoms with Crippen molar-refractivity contribution in [2.75, 3.05) is 0 Å². The first-order valence-electron chi connectivity index (χ1n) is 9.20. The molecule has 0 unspecified atom stereocenters. The highest BCUT2D eigenvalue weighted by atomic mass is 79.9. The molecule has 2 aliphatic rings. The fourth-order valence-electron chi connectivity index (χ4n) is 4.40. The van der Waals surface area contributed by atoms with E-state index in [2.05, 4.69) is 38.9 Å². The molecule has 0 amide bonds. The molecule has 0 fully saturated rings. The van der Waals surface area contributed by atoms with Crippen molar-refractivity contribution in [2.24, 2.45) is 5.92 Å². The van der Waals surface area contributed by atoms with Crippen molar-refractivity contribution < 1.29 is 8.42 Å². The lowest BCUT2D eigenvalue weighted by Gasteiger charge is -2.24. The summed E-state index contributed by atoms with van der Waals surface area (Å²) in [6, 6.07) is 18.8. The number of benzene rings is 3. The van der Waals surface area contributed by atoms with Gasteiger partial charge in [-0.25, -0.2) is 13.1 Å². The van der Waals surface area contributed by atoms with E-state index in [9.17, 15) is 8.42 Å². The zero-order valence-corrected chi connectivity index (χ0v) is 17.3. The van der Waals surface area contributed by atoms with Gasteiger partial charge in [0.05, 0.1) is 10.9 Å². The maximum atomic E-state index is 13.4. The number of halogens is 1. The molecule has 5 heteroatoms. The normalized spacial score (nSPS) is 23.0. The van der Waals surface area contributed by atoms with Crippen molar-refractivity contribution in [3.05, 3.63) is 101 Å². The summed E-state index contributed by atoms with van der Waals surface area (Å²) in [4.78, 5) is 0.308. The molecule has 28 heavy (non-hydrogen) atoms. The zero-order valence-electron chi connectivity index (χ0n) is 14.9. The zero-order chi connectivity index (χ0) is 19.3. The maximum Gasteiger partial charge on any atom is 0.241 e. The van der Waals surface area contributed by atoms with Crippen LogP contribution in [0.15, 0.2) is 94.3 Å². The monoisotopic (exact) mass is 451 g/mol. The average molecular weight is 452 g/mol. The van der Waals surface area contributed by atoms with Crippen LogP contribution in [0.5, 0.6) is 0 Å². The van der Waals surface area contributed by atoms with Gasteiger partial charge in [-0.2, -0.15) is 0 Å². The highest BCUT2D eigenvalue weighted by molar-refractivity contribution is 9.10. The minimum absolute atomic E-state index is 0.0823. The van der Waals surface area contributed by atoms with Gasteiger partial charge in [-0.15, -0.1) is 0 Å². The molecule has 0 bridgehead atoms. The van der Waals surface area contributed by atoms with E-state index < -0.39 is 10.0 Å². The van der Waals surface area contributed by atoms with Crippen LogP contribution in [0.2, 0.25) is 0 Å². The SMILES string of the molecule is O=S(=O)(N[C@@H]1c2ccccc2[C@@H]2C=CC=C[C@H]12)c1ccc(Br)c2ccccc12. The second kappa shape index (κ2) is 6.69. The lowest BCUT2D eigenvalue weighted by atomic mass is 9.87. The van der Waals surface area contributed by atoms with E-state index in [-0.39, 0.29) is 17.9 Å². The van der Waals surface area contributed by atoms with Gasteiger partial charge in [0.25, 0.3) is 0 Å². The minimum atomic E-state index is -3.71. The van der Waals surface area contributed by atoms with Crippen LogP contribution in [0.25, 0.3) is 10.8 Å². The van der Waals surface area contributed by atoms with Crippen LogP contribution in [0.1, 0.15) is 23.1 Å². The molecule has 140 valence electrons. The summed E-state index contributed by atoms with van der Waals surface area (Å²) >= 11 is 3.52. The molecule has 0 radical (unpaired) electrons. The topological polar surface area (TPSA) is 46.2 Å². The van der Waals surface area contributed by atoms with E-state index in [4.69, 9.17) is 0 Å². The first kappa shape index (κ1) is 17.9. The molecule has 0 aromatic heterocycles. The summed E-state index contributed by atoms with van der Waals surface area (Å²) in [7, 11) is -3.71. The predicted molar refractivity (Wildman–Crippen MR) is 116 cm³/mol. The Labute approximate surface area is 173 Å². The molecule has 3 aromatic rings. The highest BCUT2D eigenvalue weighted by Gasteiger charge is 2.40. The van der Waals surface area contributed by atoms with E-state index in [0.717, 1.165) is 15.4 Å². The molecule has 1 N–H and O–H groups in total. The largest absolute Gasteiger partial charge is 0.241 e. The summed E-state index contributed by atoms with van der Waals surface area (Å²) in [5.74, 6) is 0.287.